The minimum atomic E-state index is -0.202. The quantitative estimate of drug-likeness (QED) is 0.222. The van der Waals surface area contributed by atoms with Crippen molar-refractivity contribution in [2.75, 3.05) is 13.1 Å². The van der Waals surface area contributed by atoms with Crippen LogP contribution in [0.25, 0.3) is 0 Å². The van der Waals surface area contributed by atoms with E-state index in [9.17, 15) is 9.59 Å². The third kappa shape index (κ3) is 6.46. The summed E-state index contributed by atoms with van der Waals surface area (Å²) in [5.74, 6) is 0.828. The molecule has 4 aliphatic rings. The van der Waals surface area contributed by atoms with Crippen molar-refractivity contribution in [3.8, 4) is 0 Å². The molecule has 2 amide bonds. The second-order valence-electron chi connectivity index (χ2n) is 9.54. The predicted molar refractivity (Wildman–Crippen MR) is 122 cm³/mol. The number of halogens is 2. The largest absolute Gasteiger partial charge is 0.355 e. The molecule has 2 heterocycles. The molecule has 9 nitrogen and oxygen atoms in total. The molecule has 0 spiro atoms. The number of carbonyl (C=O) groups is 2. The topological polar surface area (TPSA) is 116 Å². The van der Waals surface area contributed by atoms with Gasteiger partial charge in [0.15, 0.2) is 0 Å². The summed E-state index contributed by atoms with van der Waals surface area (Å²) >= 11 is 12.6. The molecule has 4 fully saturated rings. The molecular formula is C21H36Cl2N6O3. The Morgan fingerprint density at radius 3 is 2.69 bits per heavy atom. The van der Waals surface area contributed by atoms with Gasteiger partial charge in [0.2, 0.25) is 11.8 Å². The van der Waals surface area contributed by atoms with E-state index in [1.807, 2.05) is 0 Å². The molecule has 32 heavy (non-hydrogen) atoms. The number of hydroxylamine groups is 1. The number of alkyl halides is 2. The molecule has 2 aliphatic heterocycles. The molecule has 0 radical (unpaired) electrons. The van der Waals surface area contributed by atoms with E-state index in [1.54, 1.807) is 0 Å². The lowest BCUT2D eigenvalue weighted by molar-refractivity contribution is -0.134. The number of amides is 2. The number of fused-ring (bicyclic) bond motifs is 1. The zero-order valence-corrected chi connectivity index (χ0v) is 19.9. The lowest BCUT2D eigenvalue weighted by atomic mass is 9.76. The lowest BCUT2D eigenvalue weighted by Crippen LogP contribution is -2.64. The smallest absolute Gasteiger partial charge is 0.237 e. The first-order valence-electron chi connectivity index (χ1n) is 12.0. The molecule has 182 valence electrons. The number of nitrogens with one attached hydrogen (secondary N) is 6. The Kier molecular flexibility index (Phi) is 8.89. The molecule has 0 aromatic heterocycles. The van der Waals surface area contributed by atoms with Crippen molar-refractivity contribution in [2.24, 2.45) is 17.8 Å². The van der Waals surface area contributed by atoms with E-state index >= 15 is 0 Å². The minimum Gasteiger partial charge on any atom is -0.355 e. The summed E-state index contributed by atoms with van der Waals surface area (Å²) < 4.78 is 0. The summed E-state index contributed by atoms with van der Waals surface area (Å²) in [5.41, 5.74) is 8.92. The highest BCUT2D eigenvalue weighted by atomic mass is 35.5. The molecule has 2 aliphatic carbocycles. The Bertz CT molecular complexity index is 649. The SMILES string of the molecule is O=C(CCC1NC(C2CC(Cl)CC(Cl)C2)NO1)NCCNC1NNC(=O)C2CCCCC12. The Labute approximate surface area is 199 Å². The molecule has 0 aromatic carbocycles. The Morgan fingerprint density at radius 2 is 1.88 bits per heavy atom. The van der Waals surface area contributed by atoms with Crippen molar-refractivity contribution in [1.82, 2.24) is 32.3 Å². The van der Waals surface area contributed by atoms with E-state index < -0.39 is 0 Å². The van der Waals surface area contributed by atoms with Gasteiger partial charge in [0.25, 0.3) is 0 Å². The van der Waals surface area contributed by atoms with E-state index in [0.717, 1.165) is 44.9 Å². The van der Waals surface area contributed by atoms with Gasteiger partial charge in [0.1, 0.15) is 6.23 Å². The maximum absolute atomic E-state index is 12.2. The normalized spacial score (nSPS) is 39.9. The fraction of sp³-hybridized carbons (Fsp3) is 0.905. The van der Waals surface area contributed by atoms with Gasteiger partial charge in [0.05, 0.1) is 12.3 Å². The summed E-state index contributed by atoms with van der Waals surface area (Å²) in [7, 11) is 0. The van der Waals surface area contributed by atoms with Gasteiger partial charge in [-0.15, -0.1) is 23.2 Å². The van der Waals surface area contributed by atoms with Crippen LogP contribution < -0.4 is 32.3 Å². The number of hydrogen-bond acceptors (Lipinski definition) is 7. The highest BCUT2D eigenvalue weighted by Gasteiger charge is 2.40. The van der Waals surface area contributed by atoms with Gasteiger partial charge < -0.3 is 5.32 Å². The molecule has 2 saturated carbocycles. The summed E-state index contributed by atoms with van der Waals surface area (Å²) in [6.45, 7) is 1.18. The number of hydrogen-bond donors (Lipinski definition) is 6. The maximum atomic E-state index is 12.2. The Hall–Kier alpha value is -0.680. The van der Waals surface area contributed by atoms with E-state index in [-0.39, 0.29) is 47.0 Å². The first-order chi connectivity index (χ1) is 15.5. The summed E-state index contributed by atoms with van der Waals surface area (Å²) in [5, 5.41) is 10.0. The molecule has 7 unspecified atom stereocenters. The first-order valence-corrected chi connectivity index (χ1v) is 12.9. The van der Waals surface area contributed by atoms with Crippen molar-refractivity contribution in [3.05, 3.63) is 0 Å². The highest BCUT2D eigenvalue weighted by molar-refractivity contribution is 6.23. The summed E-state index contributed by atoms with van der Waals surface area (Å²) in [6.07, 6.45) is 7.78. The van der Waals surface area contributed by atoms with E-state index in [4.69, 9.17) is 28.0 Å². The molecule has 2 saturated heterocycles. The van der Waals surface area contributed by atoms with Crippen LogP contribution >= 0.6 is 23.2 Å². The highest BCUT2D eigenvalue weighted by Crippen LogP contribution is 2.34. The monoisotopic (exact) mass is 490 g/mol. The van der Waals surface area contributed by atoms with Crippen LogP contribution in [0.3, 0.4) is 0 Å². The van der Waals surface area contributed by atoms with Gasteiger partial charge in [-0.25, -0.2) is 5.43 Å². The number of rotatable bonds is 8. The molecule has 4 rings (SSSR count). The van der Waals surface area contributed by atoms with Gasteiger partial charge in [-0.3, -0.25) is 30.5 Å². The van der Waals surface area contributed by atoms with Crippen LogP contribution in [0.1, 0.15) is 57.8 Å². The van der Waals surface area contributed by atoms with Gasteiger partial charge in [-0.05, 0) is 44.4 Å². The Balaban J connectivity index is 1.09. The van der Waals surface area contributed by atoms with Crippen molar-refractivity contribution in [1.29, 1.82) is 0 Å². The minimum absolute atomic E-state index is 0.000380. The number of carbonyl (C=O) groups excluding carboxylic acids is 2. The van der Waals surface area contributed by atoms with Crippen LogP contribution in [0.4, 0.5) is 0 Å². The maximum Gasteiger partial charge on any atom is 0.237 e. The van der Waals surface area contributed by atoms with Crippen LogP contribution in [0, 0.1) is 17.8 Å². The molecule has 11 heteroatoms. The van der Waals surface area contributed by atoms with Crippen molar-refractivity contribution in [3.63, 3.8) is 0 Å². The van der Waals surface area contributed by atoms with Gasteiger partial charge >= 0.3 is 0 Å². The average molecular weight is 491 g/mol. The number of hydrazine groups is 1. The lowest BCUT2D eigenvalue weighted by Gasteiger charge is -2.41. The Morgan fingerprint density at radius 1 is 1.09 bits per heavy atom. The third-order valence-corrected chi connectivity index (χ3v) is 7.90. The summed E-state index contributed by atoms with van der Waals surface area (Å²) in [4.78, 5) is 29.9. The average Bonchev–Trinajstić information content (AvgIpc) is 3.25. The van der Waals surface area contributed by atoms with E-state index in [2.05, 4.69) is 32.3 Å². The van der Waals surface area contributed by atoms with Gasteiger partial charge in [-0.2, -0.15) is 5.48 Å². The molecule has 0 aromatic rings. The van der Waals surface area contributed by atoms with Gasteiger partial charge in [0, 0.05) is 42.1 Å². The van der Waals surface area contributed by atoms with Crippen LogP contribution in [-0.4, -0.2) is 54.2 Å². The summed E-state index contributed by atoms with van der Waals surface area (Å²) in [6, 6.07) is 0. The van der Waals surface area contributed by atoms with Crippen molar-refractivity contribution < 1.29 is 14.4 Å². The standard InChI is InChI=1S/C21H36Cl2N6O3/c22-13-9-12(10-14(23)11-13)19-26-18(32-29-19)6-5-17(30)24-7-8-25-20-15-3-1-2-4-16(15)21(31)28-27-20/h12-16,18-20,25-27,29H,1-11H2,(H,24,30)(H,28,31). The molecule has 6 N–H and O–H groups in total. The van der Waals surface area contributed by atoms with Crippen molar-refractivity contribution >= 4 is 35.0 Å². The van der Waals surface area contributed by atoms with Crippen molar-refractivity contribution in [2.45, 2.75) is 87.1 Å². The van der Waals surface area contributed by atoms with Crippen LogP contribution in [0.2, 0.25) is 0 Å². The third-order valence-electron chi connectivity index (χ3n) is 7.18. The van der Waals surface area contributed by atoms with E-state index in [0.29, 0.717) is 37.8 Å². The molecule has 0 bridgehead atoms. The first kappa shape index (κ1) is 24.4. The van der Waals surface area contributed by atoms with Crippen LogP contribution in [0.15, 0.2) is 0 Å². The fourth-order valence-electron chi connectivity index (χ4n) is 5.51. The van der Waals surface area contributed by atoms with Gasteiger partial charge in [-0.1, -0.05) is 12.8 Å². The zero-order chi connectivity index (χ0) is 22.5. The predicted octanol–water partition coefficient (Wildman–Crippen LogP) is 1.03. The molecule has 7 atom stereocenters. The molecular weight excluding hydrogens is 455 g/mol. The van der Waals surface area contributed by atoms with Crippen LogP contribution in [-0.2, 0) is 14.4 Å². The van der Waals surface area contributed by atoms with Crippen LogP contribution in [0.5, 0.6) is 0 Å². The second kappa shape index (κ2) is 11.6. The fourth-order valence-corrected chi connectivity index (χ4v) is 6.49. The second-order valence-corrected chi connectivity index (χ2v) is 10.8. The van der Waals surface area contributed by atoms with E-state index in [1.165, 1.54) is 0 Å². The zero-order valence-electron chi connectivity index (χ0n) is 18.4.